The maximum Gasteiger partial charge on any atom is 0.124 e. The van der Waals surface area contributed by atoms with Crippen molar-refractivity contribution in [3.63, 3.8) is 0 Å². The molecule has 0 unspecified atom stereocenters. The van der Waals surface area contributed by atoms with Crippen LogP contribution >= 0.6 is 11.6 Å². The second kappa shape index (κ2) is 5.19. The standard InChI is InChI=1S/C12H16ClNO/c1-8(2)7-15-12-5-4-10(13)6-11(12)9(3)14/h4-6,9H,1,7,14H2,2-3H3/t9-/m0/s1. The van der Waals surface area contributed by atoms with Gasteiger partial charge in [0.05, 0.1) is 0 Å². The highest BCUT2D eigenvalue weighted by atomic mass is 35.5. The first kappa shape index (κ1) is 12.1. The van der Waals surface area contributed by atoms with Crippen LogP contribution in [-0.2, 0) is 0 Å². The van der Waals surface area contributed by atoms with Gasteiger partial charge < -0.3 is 10.5 Å². The highest BCUT2D eigenvalue weighted by Crippen LogP contribution is 2.27. The van der Waals surface area contributed by atoms with Crippen LogP contribution in [-0.4, -0.2) is 6.61 Å². The van der Waals surface area contributed by atoms with E-state index in [9.17, 15) is 0 Å². The third kappa shape index (κ3) is 3.57. The van der Waals surface area contributed by atoms with Crippen LogP contribution in [0.4, 0.5) is 0 Å². The molecule has 0 bridgehead atoms. The highest BCUT2D eigenvalue weighted by Gasteiger charge is 2.08. The van der Waals surface area contributed by atoms with Crippen LogP contribution in [0.5, 0.6) is 5.75 Å². The maximum absolute atomic E-state index is 5.89. The Hall–Kier alpha value is -0.990. The van der Waals surface area contributed by atoms with Gasteiger partial charge in [0.2, 0.25) is 0 Å². The summed E-state index contributed by atoms with van der Waals surface area (Å²) in [6.45, 7) is 8.10. The molecule has 0 spiro atoms. The highest BCUT2D eigenvalue weighted by molar-refractivity contribution is 6.30. The van der Waals surface area contributed by atoms with Crippen LogP contribution in [0.1, 0.15) is 25.5 Å². The first-order valence-electron chi connectivity index (χ1n) is 4.83. The summed E-state index contributed by atoms with van der Waals surface area (Å²) in [5.74, 6) is 0.775. The van der Waals surface area contributed by atoms with E-state index in [1.165, 1.54) is 0 Å². The van der Waals surface area contributed by atoms with Crippen molar-refractivity contribution >= 4 is 11.6 Å². The smallest absolute Gasteiger partial charge is 0.124 e. The summed E-state index contributed by atoms with van der Waals surface area (Å²) in [7, 11) is 0. The lowest BCUT2D eigenvalue weighted by molar-refractivity contribution is 0.347. The Morgan fingerprint density at radius 3 is 2.80 bits per heavy atom. The minimum atomic E-state index is -0.0937. The topological polar surface area (TPSA) is 35.2 Å². The molecular formula is C12H16ClNO. The second-order valence-corrected chi connectivity index (χ2v) is 4.15. The maximum atomic E-state index is 5.89. The molecule has 0 aliphatic heterocycles. The fourth-order valence-electron chi connectivity index (χ4n) is 1.21. The fraction of sp³-hybridized carbons (Fsp3) is 0.333. The molecule has 0 heterocycles. The van der Waals surface area contributed by atoms with Crippen molar-refractivity contribution in [3.05, 3.63) is 40.9 Å². The molecule has 1 rings (SSSR count). The Bertz CT molecular complexity index is 361. The third-order valence-corrected chi connectivity index (χ3v) is 2.17. The molecule has 0 fully saturated rings. The lowest BCUT2D eigenvalue weighted by atomic mass is 10.1. The molecule has 0 radical (unpaired) electrons. The van der Waals surface area contributed by atoms with Crippen LogP contribution in [0.3, 0.4) is 0 Å². The van der Waals surface area contributed by atoms with Crippen molar-refractivity contribution in [2.75, 3.05) is 6.61 Å². The van der Waals surface area contributed by atoms with Gasteiger partial charge in [-0.05, 0) is 37.6 Å². The van der Waals surface area contributed by atoms with E-state index in [4.69, 9.17) is 22.1 Å². The van der Waals surface area contributed by atoms with Gasteiger partial charge in [-0.25, -0.2) is 0 Å². The molecule has 82 valence electrons. The van der Waals surface area contributed by atoms with E-state index in [2.05, 4.69) is 6.58 Å². The summed E-state index contributed by atoms with van der Waals surface area (Å²) in [5.41, 5.74) is 7.72. The fourth-order valence-corrected chi connectivity index (χ4v) is 1.39. The Morgan fingerprint density at radius 2 is 2.27 bits per heavy atom. The SMILES string of the molecule is C=C(C)COc1ccc(Cl)cc1[C@H](C)N. The lowest BCUT2D eigenvalue weighted by Gasteiger charge is -2.14. The van der Waals surface area contributed by atoms with Crippen LogP contribution in [0, 0.1) is 0 Å². The Balaban J connectivity index is 2.90. The van der Waals surface area contributed by atoms with E-state index < -0.39 is 0 Å². The zero-order chi connectivity index (χ0) is 11.4. The second-order valence-electron chi connectivity index (χ2n) is 3.72. The molecule has 3 heteroatoms. The van der Waals surface area contributed by atoms with Gasteiger partial charge in [-0.2, -0.15) is 0 Å². The van der Waals surface area contributed by atoms with Gasteiger partial charge in [-0.3, -0.25) is 0 Å². The molecular weight excluding hydrogens is 210 g/mol. The lowest BCUT2D eigenvalue weighted by Crippen LogP contribution is -2.08. The van der Waals surface area contributed by atoms with Crippen LogP contribution in [0.25, 0.3) is 0 Å². The number of ether oxygens (including phenoxy) is 1. The van der Waals surface area contributed by atoms with E-state index in [-0.39, 0.29) is 6.04 Å². The predicted octanol–water partition coefficient (Wildman–Crippen LogP) is 3.31. The summed E-state index contributed by atoms with van der Waals surface area (Å²) in [5, 5.41) is 0.671. The van der Waals surface area contributed by atoms with Gasteiger partial charge in [0.25, 0.3) is 0 Å². The average molecular weight is 226 g/mol. The van der Waals surface area contributed by atoms with Gasteiger partial charge in [0.1, 0.15) is 12.4 Å². The van der Waals surface area contributed by atoms with Crippen molar-refractivity contribution in [1.82, 2.24) is 0 Å². The number of rotatable bonds is 4. The van der Waals surface area contributed by atoms with E-state index >= 15 is 0 Å². The molecule has 0 saturated carbocycles. The Kier molecular flexibility index (Phi) is 4.18. The van der Waals surface area contributed by atoms with Crippen molar-refractivity contribution in [3.8, 4) is 5.75 Å². The minimum Gasteiger partial charge on any atom is -0.489 e. The monoisotopic (exact) mass is 225 g/mol. The number of nitrogens with two attached hydrogens (primary N) is 1. The predicted molar refractivity (Wildman–Crippen MR) is 64.4 cm³/mol. The third-order valence-electron chi connectivity index (χ3n) is 1.94. The van der Waals surface area contributed by atoms with Gasteiger partial charge >= 0.3 is 0 Å². The average Bonchev–Trinajstić information content (AvgIpc) is 2.15. The van der Waals surface area contributed by atoms with Crippen molar-refractivity contribution in [2.24, 2.45) is 5.73 Å². The van der Waals surface area contributed by atoms with E-state index in [0.29, 0.717) is 11.6 Å². The van der Waals surface area contributed by atoms with Gasteiger partial charge in [0, 0.05) is 16.6 Å². The number of benzene rings is 1. The first-order valence-corrected chi connectivity index (χ1v) is 5.20. The quantitative estimate of drug-likeness (QED) is 0.798. The number of hydrogen-bond donors (Lipinski definition) is 1. The van der Waals surface area contributed by atoms with Crippen molar-refractivity contribution in [1.29, 1.82) is 0 Å². The zero-order valence-corrected chi connectivity index (χ0v) is 9.84. The first-order chi connectivity index (χ1) is 7.00. The molecule has 0 saturated heterocycles. The van der Waals surface area contributed by atoms with Crippen LogP contribution < -0.4 is 10.5 Å². The summed E-state index contributed by atoms with van der Waals surface area (Å²) >= 11 is 5.89. The van der Waals surface area contributed by atoms with Gasteiger partial charge in [-0.1, -0.05) is 18.2 Å². The van der Waals surface area contributed by atoms with E-state index in [1.54, 1.807) is 6.07 Å². The van der Waals surface area contributed by atoms with Gasteiger partial charge in [-0.15, -0.1) is 0 Å². The number of hydrogen-bond acceptors (Lipinski definition) is 2. The summed E-state index contributed by atoms with van der Waals surface area (Å²) in [6.07, 6.45) is 0. The Morgan fingerprint density at radius 1 is 1.60 bits per heavy atom. The molecule has 0 aromatic heterocycles. The summed E-state index contributed by atoms with van der Waals surface area (Å²) in [4.78, 5) is 0. The van der Waals surface area contributed by atoms with Gasteiger partial charge in [0.15, 0.2) is 0 Å². The molecule has 2 N–H and O–H groups in total. The molecule has 1 aromatic carbocycles. The molecule has 0 aliphatic rings. The normalized spacial score (nSPS) is 12.3. The minimum absolute atomic E-state index is 0.0937. The molecule has 2 nitrogen and oxygen atoms in total. The molecule has 0 aliphatic carbocycles. The van der Waals surface area contributed by atoms with Crippen molar-refractivity contribution < 1.29 is 4.74 Å². The van der Waals surface area contributed by atoms with Crippen LogP contribution in [0.15, 0.2) is 30.4 Å². The van der Waals surface area contributed by atoms with Crippen molar-refractivity contribution in [2.45, 2.75) is 19.9 Å². The summed E-state index contributed by atoms with van der Waals surface area (Å²) in [6, 6.07) is 5.37. The zero-order valence-electron chi connectivity index (χ0n) is 9.09. The largest absolute Gasteiger partial charge is 0.489 e. The van der Waals surface area contributed by atoms with E-state index in [1.807, 2.05) is 26.0 Å². The van der Waals surface area contributed by atoms with Crippen LogP contribution in [0.2, 0.25) is 5.02 Å². The Labute approximate surface area is 95.7 Å². The molecule has 1 atom stereocenters. The van der Waals surface area contributed by atoms with E-state index in [0.717, 1.165) is 16.9 Å². The molecule has 1 aromatic rings. The number of halogens is 1. The molecule has 0 amide bonds. The summed E-state index contributed by atoms with van der Waals surface area (Å²) < 4.78 is 5.58. The molecule has 15 heavy (non-hydrogen) atoms.